The summed E-state index contributed by atoms with van der Waals surface area (Å²) in [5, 5.41) is 3.95. The number of carbonyl (C=O) groups is 1. The van der Waals surface area contributed by atoms with Crippen LogP contribution in [0.25, 0.3) is 10.9 Å². The molecule has 0 aliphatic carbocycles. The first-order valence-corrected chi connectivity index (χ1v) is 9.54. The highest BCUT2D eigenvalue weighted by Gasteiger charge is 2.18. The molecule has 1 saturated heterocycles. The number of hydrogen-bond acceptors (Lipinski definition) is 3. The normalized spacial score (nSPS) is 16.7. The summed E-state index contributed by atoms with van der Waals surface area (Å²) in [5.41, 5.74) is 3.44. The van der Waals surface area contributed by atoms with E-state index in [9.17, 15) is 4.79 Å². The van der Waals surface area contributed by atoms with Gasteiger partial charge < -0.3 is 19.9 Å². The fraction of sp³-hybridized carbons (Fsp3) is 0.318. The maximum atomic E-state index is 12.6. The molecule has 1 atom stereocenters. The molecule has 0 spiro atoms. The first-order valence-electron chi connectivity index (χ1n) is 9.54. The Labute approximate surface area is 159 Å². The summed E-state index contributed by atoms with van der Waals surface area (Å²) in [7, 11) is 0. The Kier molecular flexibility index (Phi) is 4.75. The van der Waals surface area contributed by atoms with Gasteiger partial charge in [-0.25, -0.2) is 0 Å². The number of anilines is 2. The fourth-order valence-corrected chi connectivity index (χ4v) is 3.61. The summed E-state index contributed by atoms with van der Waals surface area (Å²) in [5.74, 6) is 1.40. The molecule has 2 aromatic carbocycles. The van der Waals surface area contributed by atoms with Crippen molar-refractivity contribution >= 4 is 28.2 Å². The van der Waals surface area contributed by atoms with Gasteiger partial charge in [0.25, 0.3) is 5.91 Å². The monoisotopic (exact) mass is 363 g/mol. The third-order valence-corrected chi connectivity index (χ3v) is 5.06. The van der Waals surface area contributed by atoms with Crippen molar-refractivity contribution in [1.82, 2.24) is 4.98 Å². The quantitative estimate of drug-likeness (QED) is 0.693. The lowest BCUT2D eigenvalue weighted by Crippen LogP contribution is -2.19. The summed E-state index contributed by atoms with van der Waals surface area (Å²) in [6.07, 6.45) is 1.24. The van der Waals surface area contributed by atoms with Gasteiger partial charge in [-0.2, -0.15) is 0 Å². The van der Waals surface area contributed by atoms with Crippen LogP contribution in [0.4, 0.5) is 11.4 Å². The number of aromatic nitrogens is 1. The second-order valence-electron chi connectivity index (χ2n) is 7.21. The third-order valence-electron chi connectivity index (χ3n) is 5.06. The summed E-state index contributed by atoms with van der Waals surface area (Å²) < 4.78 is 5.51. The zero-order valence-corrected chi connectivity index (χ0v) is 15.8. The number of carbonyl (C=O) groups excluding carboxylic acids is 1. The number of aromatic amines is 1. The second kappa shape index (κ2) is 7.35. The van der Waals surface area contributed by atoms with Crippen LogP contribution >= 0.6 is 0 Å². The van der Waals surface area contributed by atoms with Crippen molar-refractivity contribution in [2.24, 2.45) is 5.92 Å². The molecule has 0 bridgehead atoms. The molecule has 5 nitrogen and oxygen atoms in total. The number of ether oxygens (including phenoxy) is 1. The van der Waals surface area contributed by atoms with E-state index in [1.54, 1.807) is 0 Å². The van der Waals surface area contributed by atoms with E-state index in [0.29, 0.717) is 12.3 Å². The van der Waals surface area contributed by atoms with E-state index >= 15 is 0 Å². The Morgan fingerprint density at radius 3 is 2.74 bits per heavy atom. The molecule has 0 radical (unpaired) electrons. The van der Waals surface area contributed by atoms with Crippen molar-refractivity contribution in [3.63, 3.8) is 0 Å². The minimum Gasteiger partial charge on any atom is -0.494 e. The Morgan fingerprint density at radius 1 is 1.22 bits per heavy atom. The number of nitrogens with zero attached hydrogens (tertiary/aromatic N) is 1. The van der Waals surface area contributed by atoms with E-state index in [-0.39, 0.29) is 5.91 Å². The molecule has 27 heavy (non-hydrogen) atoms. The molecule has 1 unspecified atom stereocenters. The summed E-state index contributed by atoms with van der Waals surface area (Å²) >= 11 is 0. The number of hydrogen-bond donors (Lipinski definition) is 2. The lowest BCUT2D eigenvalue weighted by molar-refractivity contribution is 0.102. The molecule has 1 aliphatic rings. The van der Waals surface area contributed by atoms with Crippen molar-refractivity contribution in [3.05, 3.63) is 54.2 Å². The minimum atomic E-state index is -0.147. The van der Waals surface area contributed by atoms with Crippen LogP contribution in [0.15, 0.2) is 48.5 Å². The van der Waals surface area contributed by atoms with E-state index in [4.69, 9.17) is 4.74 Å². The number of H-pyrrole nitrogens is 1. The molecule has 1 aliphatic heterocycles. The van der Waals surface area contributed by atoms with Gasteiger partial charge >= 0.3 is 0 Å². The molecule has 1 fully saturated rings. The average molecular weight is 363 g/mol. The molecule has 5 heteroatoms. The Hall–Kier alpha value is -2.95. The van der Waals surface area contributed by atoms with Crippen LogP contribution in [0.2, 0.25) is 0 Å². The minimum absolute atomic E-state index is 0.147. The highest BCUT2D eigenvalue weighted by atomic mass is 16.5. The fourth-order valence-electron chi connectivity index (χ4n) is 3.61. The molecular formula is C22H25N3O2. The Morgan fingerprint density at radius 2 is 2.04 bits per heavy atom. The smallest absolute Gasteiger partial charge is 0.272 e. The van der Waals surface area contributed by atoms with Gasteiger partial charge in [0.15, 0.2) is 0 Å². The zero-order valence-electron chi connectivity index (χ0n) is 15.8. The van der Waals surface area contributed by atoms with Gasteiger partial charge in [0, 0.05) is 41.4 Å². The molecule has 2 N–H and O–H groups in total. The van der Waals surface area contributed by atoms with Gasteiger partial charge in [-0.05, 0) is 61.7 Å². The number of amides is 1. The molecular weight excluding hydrogens is 338 g/mol. The largest absolute Gasteiger partial charge is 0.494 e. The van der Waals surface area contributed by atoms with Gasteiger partial charge in [-0.1, -0.05) is 6.92 Å². The Bertz CT molecular complexity index is 946. The second-order valence-corrected chi connectivity index (χ2v) is 7.21. The van der Waals surface area contributed by atoms with Crippen molar-refractivity contribution in [1.29, 1.82) is 0 Å². The molecule has 0 saturated carbocycles. The van der Waals surface area contributed by atoms with Crippen LogP contribution in [0, 0.1) is 5.92 Å². The predicted octanol–water partition coefficient (Wildman–Crippen LogP) is 4.67. The van der Waals surface area contributed by atoms with Gasteiger partial charge in [0.1, 0.15) is 11.4 Å². The van der Waals surface area contributed by atoms with E-state index in [1.807, 2.05) is 43.3 Å². The van der Waals surface area contributed by atoms with Crippen LogP contribution in [0.1, 0.15) is 30.8 Å². The molecule has 2 heterocycles. The van der Waals surface area contributed by atoms with E-state index in [1.165, 1.54) is 12.1 Å². The van der Waals surface area contributed by atoms with Crippen LogP contribution in [0.3, 0.4) is 0 Å². The topological polar surface area (TPSA) is 57.4 Å². The molecule has 1 amide bonds. The van der Waals surface area contributed by atoms with Crippen LogP contribution in [-0.4, -0.2) is 30.6 Å². The third kappa shape index (κ3) is 3.77. The van der Waals surface area contributed by atoms with Crippen molar-refractivity contribution < 1.29 is 9.53 Å². The number of nitrogens with one attached hydrogen (secondary N) is 2. The van der Waals surface area contributed by atoms with Gasteiger partial charge in [-0.15, -0.1) is 0 Å². The summed E-state index contributed by atoms with van der Waals surface area (Å²) in [6.45, 7) is 7.06. The van der Waals surface area contributed by atoms with E-state index in [0.717, 1.165) is 41.3 Å². The molecule has 1 aromatic heterocycles. The highest BCUT2D eigenvalue weighted by molar-refractivity contribution is 6.06. The first kappa shape index (κ1) is 17.5. The average Bonchev–Trinajstić information content (AvgIpc) is 3.28. The van der Waals surface area contributed by atoms with Gasteiger partial charge in [-0.3, -0.25) is 4.79 Å². The first-order chi connectivity index (χ1) is 13.1. The molecule has 3 aromatic rings. The van der Waals surface area contributed by atoms with Gasteiger partial charge in [0.05, 0.1) is 6.61 Å². The van der Waals surface area contributed by atoms with Crippen molar-refractivity contribution in [3.8, 4) is 5.75 Å². The number of fused-ring (bicyclic) bond motifs is 1. The zero-order chi connectivity index (χ0) is 18.8. The maximum Gasteiger partial charge on any atom is 0.272 e. The van der Waals surface area contributed by atoms with Gasteiger partial charge in [0.2, 0.25) is 0 Å². The Balaban J connectivity index is 1.46. The SMILES string of the molecule is CCOc1ccc2cc(C(=O)Nc3ccc(N4CCC(C)C4)cc3)[nH]c2c1. The lowest BCUT2D eigenvalue weighted by Gasteiger charge is -2.18. The maximum absolute atomic E-state index is 12.6. The highest BCUT2D eigenvalue weighted by Crippen LogP contribution is 2.25. The van der Waals surface area contributed by atoms with Crippen LogP contribution in [-0.2, 0) is 0 Å². The molecule has 4 rings (SSSR count). The van der Waals surface area contributed by atoms with E-state index in [2.05, 4.69) is 34.3 Å². The number of benzene rings is 2. The van der Waals surface area contributed by atoms with Crippen molar-refractivity contribution in [2.45, 2.75) is 20.3 Å². The standard InChI is InChI=1S/C22H25N3O2/c1-3-27-19-9-4-16-12-21(24-20(16)13-19)22(26)23-17-5-7-18(8-6-17)25-11-10-15(2)14-25/h4-9,12-13,15,24H,3,10-11,14H2,1-2H3,(H,23,26). The van der Waals surface area contributed by atoms with E-state index < -0.39 is 0 Å². The predicted molar refractivity (Wildman–Crippen MR) is 110 cm³/mol. The molecule has 140 valence electrons. The lowest BCUT2D eigenvalue weighted by atomic mass is 10.2. The van der Waals surface area contributed by atoms with Crippen molar-refractivity contribution in [2.75, 3.05) is 29.9 Å². The number of rotatable bonds is 5. The van der Waals surface area contributed by atoms with Crippen LogP contribution < -0.4 is 15.0 Å². The summed E-state index contributed by atoms with van der Waals surface area (Å²) in [4.78, 5) is 18.2. The van der Waals surface area contributed by atoms with Crippen LogP contribution in [0.5, 0.6) is 5.75 Å². The summed E-state index contributed by atoms with van der Waals surface area (Å²) in [6, 6.07) is 15.7.